The van der Waals surface area contributed by atoms with Gasteiger partial charge in [-0.15, -0.1) is 0 Å². The number of fused-ring (bicyclic) bond motifs is 2. The van der Waals surface area contributed by atoms with Crippen LogP contribution in [0.3, 0.4) is 0 Å². The number of aliphatic hydroxyl groups excluding tert-OH is 2. The van der Waals surface area contributed by atoms with Crippen LogP contribution in [0.2, 0.25) is 0 Å². The zero-order chi connectivity index (χ0) is 18.3. The number of rotatable bonds is 1. The summed E-state index contributed by atoms with van der Waals surface area (Å²) in [6.45, 7) is 6.28. The summed E-state index contributed by atoms with van der Waals surface area (Å²) < 4.78 is 0. The third-order valence-corrected chi connectivity index (χ3v) is 10.5. The van der Waals surface area contributed by atoms with Crippen LogP contribution in [0, 0.1) is 34.5 Å². The fraction of sp³-hybridized carbons (Fsp3) is 1.00. The first-order valence-corrected chi connectivity index (χ1v) is 10.8. The van der Waals surface area contributed by atoms with Crippen molar-refractivity contribution in [2.75, 3.05) is 13.1 Å². The molecule has 6 rings (SSSR count). The van der Waals surface area contributed by atoms with Crippen LogP contribution in [0.5, 0.6) is 0 Å². The van der Waals surface area contributed by atoms with Crippen molar-refractivity contribution in [1.29, 1.82) is 0 Å². The lowest BCUT2D eigenvalue weighted by molar-refractivity contribution is -0.303. The van der Waals surface area contributed by atoms with Gasteiger partial charge in [0, 0.05) is 23.9 Å². The molecule has 0 amide bonds. The average molecular weight is 363 g/mol. The molecule has 26 heavy (non-hydrogen) atoms. The van der Waals surface area contributed by atoms with E-state index in [2.05, 4.69) is 18.7 Å². The van der Waals surface area contributed by atoms with E-state index < -0.39 is 23.4 Å². The Kier molecular flexibility index (Phi) is 2.90. The van der Waals surface area contributed by atoms with E-state index in [0.717, 1.165) is 38.8 Å². The first kappa shape index (κ1) is 16.7. The summed E-state index contributed by atoms with van der Waals surface area (Å²) in [5.41, 5.74) is -2.72. The molecule has 5 aliphatic carbocycles. The zero-order valence-electron chi connectivity index (χ0n) is 15.9. The second-order valence-electron chi connectivity index (χ2n) is 10.9. The Hall–Kier alpha value is -0.200. The van der Waals surface area contributed by atoms with Crippen LogP contribution in [0.1, 0.15) is 52.4 Å². The predicted octanol–water partition coefficient (Wildman–Crippen LogP) is 0.741. The summed E-state index contributed by atoms with van der Waals surface area (Å²) in [4.78, 5) is 2.39. The van der Waals surface area contributed by atoms with Crippen molar-refractivity contribution >= 4 is 0 Å². The molecule has 4 N–H and O–H groups in total. The van der Waals surface area contributed by atoms with E-state index in [-0.39, 0.29) is 40.5 Å². The molecule has 5 nitrogen and oxygen atoms in total. The van der Waals surface area contributed by atoms with Crippen LogP contribution in [0.25, 0.3) is 0 Å². The van der Waals surface area contributed by atoms with Gasteiger partial charge < -0.3 is 20.4 Å². The number of piperidine rings is 1. The van der Waals surface area contributed by atoms with E-state index in [0.29, 0.717) is 12.8 Å². The topological polar surface area (TPSA) is 84.2 Å². The molecule has 11 atom stereocenters. The van der Waals surface area contributed by atoms with E-state index >= 15 is 0 Å². The number of hydrogen-bond donors (Lipinski definition) is 4. The van der Waals surface area contributed by atoms with Gasteiger partial charge in [0.15, 0.2) is 0 Å². The van der Waals surface area contributed by atoms with Gasteiger partial charge in [-0.05, 0) is 68.2 Å². The summed E-state index contributed by atoms with van der Waals surface area (Å²) in [5.74, 6) is 0.305. The van der Waals surface area contributed by atoms with Crippen LogP contribution in [0.15, 0.2) is 0 Å². The SMILES string of the molecule is CCN1C[C@@]2(C)CC[C@@H](O)[C@@]34C1[C@](O)(C[C@@H]23)[C@]1(O)CC[C@@H]2C[C@H]4[C@H]1[C@@H]2O. The summed E-state index contributed by atoms with van der Waals surface area (Å²) in [5, 5.41) is 46.6. The molecule has 6 aliphatic rings. The standard InChI is InChI=1S/C21H33NO4/c1-3-22-10-18(2)6-5-14(23)21-12-8-11-4-7-19(25,15(12)16(11)24)20(26,17(21)22)9-13(18)21/h11-17,23-26H,3-10H2,1-2H3/t11-,12+,13+,14-,15+,16-,17?,18-,19+,20-,21+/m1/s1. The van der Waals surface area contributed by atoms with Gasteiger partial charge in [-0.1, -0.05) is 13.8 Å². The molecule has 0 aromatic carbocycles. The highest BCUT2D eigenvalue weighted by Crippen LogP contribution is 2.79. The molecule has 0 radical (unpaired) electrons. The number of likely N-dealkylation sites (N-methyl/N-ethyl adjacent to an activating group) is 1. The van der Waals surface area contributed by atoms with Gasteiger partial charge in [0.25, 0.3) is 0 Å². The third-order valence-electron chi connectivity index (χ3n) is 10.5. The molecule has 1 spiro atoms. The Morgan fingerprint density at radius 1 is 1.08 bits per heavy atom. The quantitative estimate of drug-likeness (QED) is 0.552. The van der Waals surface area contributed by atoms with Gasteiger partial charge in [0.2, 0.25) is 0 Å². The van der Waals surface area contributed by atoms with Crippen molar-refractivity contribution in [2.24, 2.45) is 34.5 Å². The Morgan fingerprint density at radius 2 is 1.85 bits per heavy atom. The van der Waals surface area contributed by atoms with Crippen LogP contribution >= 0.6 is 0 Å². The maximum absolute atomic E-state index is 12.2. The Labute approximate surface area is 155 Å². The highest BCUT2D eigenvalue weighted by Gasteiger charge is 2.86. The lowest BCUT2D eigenvalue weighted by Crippen LogP contribution is -2.80. The summed E-state index contributed by atoms with van der Waals surface area (Å²) in [7, 11) is 0. The van der Waals surface area contributed by atoms with Crippen molar-refractivity contribution in [1.82, 2.24) is 4.90 Å². The highest BCUT2D eigenvalue weighted by atomic mass is 16.4. The van der Waals surface area contributed by atoms with E-state index in [1.807, 2.05) is 0 Å². The summed E-state index contributed by atoms with van der Waals surface area (Å²) in [6.07, 6.45) is 3.69. The normalized spacial score (nSPS) is 68.3. The van der Waals surface area contributed by atoms with Crippen LogP contribution in [-0.4, -0.2) is 67.9 Å². The molecule has 1 saturated heterocycles. The largest absolute Gasteiger partial charge is 0.392 e. The zero-order valence-corrected chi connectivity index (χ0v) is 15.9. The monoisotopic (exact) mass is 363 g/mol. The molecule has 146 valence electrons. The minimum Gasteiger partial charge on any atom is -0.392 e. The molecule has 6 fully saturated rings. The molecule has 1 heterocycles. The average Bonchev–Trinajstić information content (AvgIpc) is 2.96. The number of hydrogen-bond acceptors (Lipinski definition) is 5. The summed E-state index contributed by atoms with van der Waals surface area (Å²) >= 11 is 0. The van der Waals surface area contributed by atoms with Gasteiger partial charge in [-0.25, -0.2) is 0 Å². The van der Waals surface area contributed by atoms with Crippen molar-refractivity contribution < 1.29 is 20.4 Å². The Bertz CT molecular complexity index is 672. The van der Waals surface area contributed by atoms with Crippen LogP contribution in [0.4, 0.5) is 0 Å². The maximum Gasteiger partial charge on any atom is 0.110 e. The van der Waals surface area contributed by atoms with Gasteiger partial charge in [-0.3, -0.25) is 4.90 Å². The minimum absolute atomic E-state index is 0.0776. The predicted molar refractivity (Wildman–Crippen MR) is 95.2 cm³/mol. The molecular formula is C21H33NO4. The first-order valence-electron chi connectivity index (χ1n) is 10.8. The number of likely N-dealkylation sites (tertiary alicyclic amines) is 1. The number of nitrogens with zero attached hydrogens (tertiary/aromatic N) is 1. The molecule has 0 aromatic rings. The van der Waals surface area contributed by atoms with Gasteiger partial charge in [-0.2, -0.15) is 0 Å². The van der Waals surface area contributed by atoms with Gasteiger partial charge in [0.1, 0.15) is 11.2 Å². The Balaban J connectivity index is 1.66. The lowest BCUT2D eigenvalue weighted by Gasteiger charge is -2.69. The number of aliphatic hydroxyl groups is 4. The second-order valence-corrected chi connectivity index (χ2v) is 10.9. The smallest absolute Gasteiger partial charge is 0.110 e. The van der Waals surface area contributed by atoms with E-state index in [9.17, 15) is 20.4 Å². The van der Waals surface area contributed by atoms with Crippen LogP contribution < -0.4 is 0 Å². The van der Waals surface area contributed by atoms with Crippen molar-refractivity contribution in [3.05, 3.63) is 0 Å². The molecule has 5 heteroatoms. The van der Waals surface area contributed by atoms with Gasteiger partial charge >= 0.3 is 0 Å². The van der Waals surface area contributed by atoms with E-state index in [1.54, 1.807) is 0 Å². The van der Waals surface area contributed by atoms with E-state index in [4.69, 9.17) is 0 Å². The Morgan fingerprint density at radius 3 is 2.58 bits per heavy atom. The minimum atomic E-state index is -1.21. The van der Waals surface area contributed by atoms with Crippen molar-refractivity contribution in [2.45, 2.75) is 81.8 Å². The fourth-order valence-electron chi connectivity index (χ4n) is 9.78. The second kappa shape index (κ2) is 4.51. The molecule has 0 aromatic heterocycles. The maximum atomic E-state index is 12.2. The molecule has 5 saturated carbocycles. The first-order chi connectivity index (χ1) is 12.2. The van der Waals surface area contributed by atoms with Crippen LogP contribution in [-0.2, 0) is 0 Å². The van der Waals surface area contributed by atoms with E-state index in [1.165, 1.54) is 0 Å². The molecule has 7 bridgehead atoms. The molecule has 1 aliphatic heterocycles. The van der Waals surface area contributed by atoms with Crippen molar-refractivity contribution in [3.8, 4) is 0 Å². The van der Waals surface area contributed by atoms with Crippen molar-refractivity contribution in [3.63, 3.8) is 0 Å². The third kappa shape index (κ3) is 1.38. The molecule has 1 unspecified atom stereocenters. The fourth-order valence-corrected chi connectivity index (χ4v) is 9.78. The summed E-state index contributed by atoms with van der Waals surface area (Å²) in [6, 6.07) is -0.177. The lowest BCUT2D eigenvalue weighted by atomic mass is 9.43. The molecular weight excluding hydrogens is 330 g/mol. The van der Waals surface area contributed by atoms with Gasteiger partial charge in [0.05, 0.1) is 12.2 Å². The highest BCUT2D eigenvalue weighted by molar-refractivity contribution is 5.37.